The molecule has 1 amide bonds. The summed E-state index contributed by atoms with van der Waals surface area (Å²) in [5.74, 6) is -0.665. The van der Waals surface area contributed by atoms with Crippen molar-refractivity contribution in [2.45, 2.75) is 19.1 Å². The van der Waals surface area contributed by atoms with Gasteiger partial charge in [-0.1, -0.05) is 6.07 Å². The summed E-state index contributed by atoms with van der Waals surface area (Å²) in [6.07, 6.45) is -0.658. The Morgan fingerprint density at radius 3 is 2.85 bits per heavy atom. The SMILES string of the molecule is COCC(O)CN(C)C(C)C(=O)Nc1cccc(F)c1. The summed E-state index contributed by atoms with van der Waals surface area (Å²) < 4.78 is 17.9. The van der Waals surface area contributed by atoms with Crippen molar-refractivity contribution in [3.05, 3.63) is 30.1 Å². The number of amides is 1. The topological polar surface area (TPSA) is 61.8 Å². The van der Waals surface area contributed by atoms with E-state index >= 15 is 0 Å². The van der Waals surface area contributed by atoms with Crippen molar-refractivity contribution in [3.8, 4) is 0 Å². The van der Waals surface area contributed by atoms with E-state index in [1.54, 1.807) is 24.9 Å². The zero-order valence-corrected chi connectivity index (χ0v) is 12.0. The summed E-state index contributed by atoms with van der Waals surface area (Å²) in [7, 11) is 3.23. The third-order valence-electron chi connectivity index (χ3n) is 2.99. The number of hydrogen-bond acceptors (Lipinski definition) is 4. The van der Waals surface area contributed by atoms with Crippen molar-refractivity contribution in [1.29, 1.82) is 0 Å². The normalized spacial score (nSPS) is 14.1. The molecule has 112 valence electrons. The lowest BCUT2D eigenvalue weighted by Crippen LogP contribution is -2.44. The molecule has 0 saturated heterocycles. The van der Waals surface area contributed by atoms with Crippen LogP contribution in [0, 0.1) is 5.82 Å². The van der Waals surface area contributed by atoms with Gasteiger partial charge in [0.15, 0.2) is 0 Å². The van der Waals surface area contributed by atoms with Crippen molar-refractivity contribution in [3.63, 3.8) is 0 Å². The van der Waals surface area contributed by atoms with Crippen LogP contribution in [0.3, 0.4) is 0 Å². The fourth-order valence-corrected chi connectivity index (χ4v) is 1.75. The Bertz CT molecular complexity index is 442. The molecular weight excluding hydrogens is 263 g/mol. The molecule has 0 bridgehead atoms. The van der Waals surface area contributed by atoms with Crippen LogP contribution in [0.4, 0.5) is 10.1 Å². The van der Waals surface area contributed by atoms with Gasteiger partial charge in [0.1, 0.15) is 5.82 Å². The Kier molecular flexibility index (Phi) is 6.57. The number of carbonyl (C=O) groups excluding carboxylic acids is 1. The van der Waals surface area contributed by atoms with Crippen LogP contribution in [0.1, 0.15) is 6.92 Å². The largest absolute Gasteiger partial charge is 0.389 e. The number of ether oxygens (including phenoxy) is 1. The lowest BCUT2D eigenvalue weighted by Gasteiger charge is -2.25. The number of likely N-dealkylation sites (N-methyl/N-ethyl adjacent to an activating group) is 1. The molecule has 20 heavy (non-hydrogen) atoms. The van der Waals surface area contributed by atoms with E-state index < -0.39 is 18.0 Å². The van der Waals surface area contributed by atoms with E-state index in [0.29, 0.717) is 12.2 Å². The summed E-state index contributed by atoms with van der Waals surface area (Å²) in [4.78, 5) is 13.7. The first kappa shape index (κ1) is 16.6. The van der Waals surface area contributed by atoms with Crippen LogP contribution in [0.5, 0.6) is 0 Å². The second-order valence-electron chi connectivity index (χ2n) is 4.72. The number of methoxy groups -OCH3 is 1. The van der Waals surface area contributed by atoms with Gasteiger partial charge in [-0.15, -0.1) is 0 Å². The molecule has 0 saturated carbocycles. The predicted octanol–water partition coefficient (Wildman–Crippen LogP) is 1.09. The summed E-state index contributed by atoms with van der Waals surface area (Å²) in [6.45, 7) is 2.24. The fourth-order valence-electron chi connectivity index (χ4n) is 1.75. The van der Waals surface area contributed by atoms with Crippen LogP contribution in [0.25, 0.3) is 0 Å². The molecule has 0 radical (unpaired) electrons. The summed E-state index contributed by atoms with van der Waals surface area (Å²) in [5.41, 5.74) is 0.410. The fraction of sp³-hybridized carbons (Fsp3) is 0.500. The number of carbonyl (C=O) groups is 1. The number of nitrogens with zero attached hydrogens (tertiary/aromatic N) is 1. The average molecular weight is 284 g/mol. The van der Waals surface area contributed by atoms with E-state index in [4.69, 9.17) is 4.74 Å². The number of aliphatic hydroxyl groups is 1. The quantitative estimate of drug-likeness (QED) is 0.787. The first-order valence-electron chi connectivity index (χ1n) is 6.37. The molecule has 1 rings (SSSR count). The van der Waals surface area contributed by atoms with Crippen molar-refractivity contribution < 1.29 is 19.0 Å². The highest BCUT2D eigenvalue weighted by atomic mass is 19.1. The number of nitrogens with one attached hydrogen (secondary N) is 1. The Labute approximate surface area is 118 Å². The Morgan fingerprint density at radius 1 is 1.55 bits per heavy atom. The van der Waals surface area contributed by atoms with Gasteiger partial charge in [0.25, 0.3) is 0 Å². The number of halogens is 1. The molecule has 0 aromatic heterocycles. The molecule has 0 aliphatic carbocycles. The van der Waals surface area contributed by atoms with Gasteiger partial charge in [0.2, 0.25) is 5.91 Å². The maximum atomic E-state index is 13.0. The number of aliphatic hydroxyl groups excluding tert-OH is 1. The van der Waals surface area contributed by atoms with Crippen LogP contribution in [-0.4, -0.2) is 55.4 Å². The van der Waals surface area contributed by atoms with Gasteiger partial charge in [-0.3, -0.25) is 9.69 Å². The Balaban J connectivity index is 2.53. The third-order valence-corrected chi connectivity index (χ3v) is 2.99. The summed E-state index contributed by atoms with van der Waals surface area (Å²) in [5, 5.41) is 12.3. The minimum absolute atomic E-state index is 0.211. The second kappa shape index (κ2) is 7.94. The highest BCUT2D eigenvalue weighted by Crippen LogP contribution is 2.10. The first-order chi connectivity index (χ1) is 9.43. The zero-order chi connectivity index (χ0) is 15.1. The highest BCUT2D eigenvalue weighted by Gasteiger charge is 2.20. The molecule has 6 heteroatoms. The monoisotopic (exact) mass is 284 g/mol. The van der Waals surface area contributed by atoms with E-state index in [-0.39, 0.29) is 12.5 Å². The van der Waals surface area contributed by atoms with Crippen LogP contribution in [0.15, 0.2) is 24.3 Å². The van der Waals surface area contributed by atoms with Crippen LogP contribution < -0.4 is 5.32 Å². The molecule has 0 heterocycles. The maximum Gasteiger partial charge on any atom is 0.241 e. The number of hydrogen-bond donors (Lipinski definition) is 2. The predicted molar refractivity (Wildman–Crippen MR) is 75.0 cm³/mol. The van der Waals surface area contributed by atoms with Gasteiger partial charge in [0, 0.05) is 19.3 Å². The van der Waals surface area contributed by atoms with E-state index in [1.807, 2.05) is 0 Å². The minimum Gasteiger partial charge on any atom is -0.389 e. The summed E-state index contributed by atoms with van der Waals surface area (Å²) in [6, 6.07) is 5.26. The zero-order valence-electron chi connectivity index (χ0n) is 12.0. The van der Waals surface area contributed by atoms with Crippen LogP contribution >= 0.6 is 0 Å². The van der Waals surface area contributed by atoms with E-state index in [2.05, 4.69) is 5.32 Å². The lowest BCUT2D eigenvalue weighted by atomic mass is 10.2. The van der Waals surface area contributed by atoms with E-state index in [9.17, 15) is 14.3 Å². The molecule has 1 aromatic carbocycles. The Morgan fingerprint density at radius 2 is 2.25 bits per heavy atom. The maximum absolute atomic E-state index is 13.0. The minimum atomic E-state index is -0.658. The van der Waals surface area contributed by atoms with Gasteiger partial charge < -0.3 is 15.2 Å². The Hall–Kier alpha value is -1.50. The third kappa shape index (κ3) is 5.24. The molecule has 2 N–H and O–H groups in total. The molecular formula is C14H21FN2O3. The molecule has 0 aliphatic rings. The molecule has 0 aliphatic heterocycles. The molecule has 1 aromatic rings. The molecule has 5 nitrogen and oxygen atoms in total. The number of rotatable bonds is 7. The van der Waals surface area contributed by atoms with Gasteiger partial charge >= 0.3 is 0 Å². The average Bonchev–Trinajstić information content (AvgIpc) is 2.37. The molecule has 2 atom stereocenters. The lowest BCUT2D eigenvalue weighted by molar-refractivity contribution is -0.120. The molecule has 2 unspecified atom stereocenters. The molecule has 0 spiro atoms. The van der Waals surface area contributed by atoms with Gasteiger partial charge in [-0.05, 0) is 32.2 Å². The number of anilines is 1. The van der Waals surface area contributed by atoms with Crippen LogP contribution in [-0.2, 0) is 9.53 Å². The van der Waals surface area contributed by atoms with Gasteiger partial charge in [-0.2, -0.15) is 0 Å². The number of benzene rings is 1. The first-order valence-corrected chi connectivity index (χ1v) is 6.37. The summed E-state index contributed by atoms with van der Waals surface area (Å²) >= 11 is 0. The van der Waals surface area contributed by atoms with Crippen LogP contribution in [0.2, 0.25) is 0 Å². The molecule has 0 fully saturated rings. The van der Waals surface area contributed by atoms with E-state index in [1.165, 1.54) is 25.3 Å². The van der Waals surface area contributed by atoms with Crippen molar-refractivity contribution in [2.75, 3.05) is 32.6 Å². The van der Waals surface area contributed by atoms with Gasteiger partial charge in [-0.25, -0.2) is 4.39 Å². The van der Waals surface area contributed by atoms with Crippen molar-refractivity contribution in [2.24, 2.45) is 0 Å². The van der Waals surface area contributed by atoms with Crippen molar-refractivity contribution in [1.82, 2.24) is 4.90 Å². The van der Waals surface area contributed by atoms with E-state index in [0.717, 1.165) is 0 Å². The highest BCUT2D eigenvalue weighted by molar-refractivity contribution is 5.94. The standard InChI is InChI=1S/C14H21FN2O3/c1-10(17(2)8-13(18)9-20-3)14(19)16-12-6-4-5-11(15)7-12/h4-7,10,13,18H,8-9H2,1-3H3,(H,16,19). The smallest absolute Gasteiger partial charge is 0.241 e. The van der Waals surface area contributed by atoms with Gasteiger partial charge in [0.05, 0.1) is 18.8 Å². The second-order valence-corrected chi connectivity index (χ2v) is 4.72. The van der Waals surface area contributed by atoms with Crippen molar-refractivity contribution >= 4 is 11.6 Å².